The van der Waals surface area contributed by atoms with Crippen LogP contribution in [0.4, 0.5) is 0 Å². The first kappa shape index (κ1) is 15.3. The molecule has 2 aliphatic rings. The number of hydrogen-bond donors (Lipinski definition) is 1. The maximum absolute atomic E-state index is 6.32. The lowest BCUT2D eigenvalue weighted by Gasteiger charge is -2.52. The van der Waals surface area contributed by atoms with Crippen LogP contribution in [0.5, 0.6) is 0 Å². The molecule has 0 aromatic heterocycles. The van der Waals surface area contributed by atoms with Crippen molar-refractivity contribution in [3.8, 4) is 0 Å². The Morgan fingerprint density at radius 1 is 1.16 bits per heavy atom. The Labute approximate surface area is 120 Å². The third kappa shape index (κ3) is 3.33. The fourth-order valence-electron chi connectivity index (χ4n) is 4.06. The molecule has 3 unspecified atom stereocenters. The maximum atomic E-state index is 6.32. The zero-order valence-corrected chi connectivity index (χ0v) is 13.5. The lowest BCUT2D eigenvalue weighted by atomic mass is 9.68. The highest BCUT2D eigenvalue weighted by Crippen LogP contribution is 2.45. The molecule has 19 heavy (non-hydrogen) atoms. The highest BCUT2D eigenvalue weighted by Gasteiger charge is 2.48. The Bertz CT molecular complexity index is 285. The van der Waals surface area contributed by atoms with Crippen molar-refractivity contribution in [2.24, 2.45) is 23.5 Å². The molecule has 0 aromatic rings. The Hall–Kier alpha value is -0.0800. The topological polar surface area (TPSA) is 29.3 Å². The second kappa shape index (κ2) is 6.13. The van der Waals surface area contributed by atoms with Crippen molar-refractivity contribution in [3.05, 3.63) is 0 Å². The fraction of sp³-hybridized carbons (Fsp3) is 1.00. The predicted octanol–water partition coefficient (Wildman–Crippen LogP) is 3.65. The number of nitrogens with two attached hydrogens (primary N) is 1. The van der Waals surface area contributed by atoms with Crippen LogP contribution in [0.25, 0.3) is 0 Å². The molecule has 112 valence electrons. The third-order valence-corrected chi connectivity index (χ3v) is 5.57. The van der Waals surface area contributed by atoms with Gasteiger partial charge in [0.15, 0.2) is 0 Å². The molecule has 2 N–H and O–H groups in total. The fourth-order valence-corrected chi connectivity index (χ4v) is 4.06. The van der Waals surface area contributed by atoms with Crippen LogP contribution < -0.4 is 5.73 Å². The van der Waals surface area contributed by atoms with Crippen molar-refractivity contribution in [1.29, 1.82) is 0 Å². The molecule has 0 spiro atoms. The summed E-state index contributed by atoms with van der Waals surface area (Å²) in [6.45, 7) is 11.7. The van der Waals surface area contributed by atoms with Gasteiger partial charge in [-0.15, -0.1) is 0 Å². The molecule has 0 bridgehead atoms. The van der Waals surface area contributed by atoms with Gasteiger partial charge in [0.25, 0.3) is 0 Å². The zero-order valence-electron chi connectivity index (χ0n) is 13.5. The molecular formula is C17H34N2. The van der Waals surface area contributed by atoms with E-state index in [4.69, 9.17) is 5.73 Å². The van der Waals surface area contributed by atoms with Crippen LogP contribution in [-0.2, 0) is 0 Å². The van der Waals surface area contributed by atoms with Crippen molar-refractivity contribution in [2.75, 3.05) is 13.1 Å². The molecule has 0 aromatic carbocycles. The molecular weight excluding hydrogens is 232 g/mol. The quantitative estimate of drug-likeness (QED) is 0.795. The van der Waals surface area contributed by atoms with E-state index in [-0.39, 0.29) is 0 Å². The van der Waals surface area contributed by atoms with Gasteiger partial charge in [0, 0.05) is 18.1 Å². The summed E-state index contributed by atoms with van der Waals surface area (Å²) in [4.78, 5) is 2.84. The molecule has 2 heteroatoms. The van der Waals surface area contributed by atoms with E-state index in [1.165, 1.54) is 45.1 Å². The van der Waals surface area contributed by atoms with E-state index in [1.807, 2.05) is 0 Å². The Morgan fingerprint density at radius 3 is 2.37 bits per heavy atom. The minimum atomic E-state index is 0.299. The van der Waals surface area contributed by atoms with Crippen LogP contribution in [0, 0.1) is 17.8 Å². The smallest absolute Gasteiger partial charge is 0.0362 e. The van der Waals surface area contributed by atoms with Gasteiger partial charge in [0.05, 0.1) is 0 Å². The summed E-state index contributed by atoms with van der Waals surface area (Å²) in [6, 6.07) is 0.843. The minimum Gasteiger partial charge on any atom is -0.329 e. The summed E-state index contributed by atoms with van der Waals surface area (Å²) < 4.78 is 0. The molecule has 2 fully saturated rings. The molecule has 2 aliphatic carbocycles. The van der Waals surface area contributed by atoms with E-state index in [2.05, 4.69) is 32.6 Å². The van der Waals surface area contributed by atoms with Crippen LogP contribution in [-0.4, -0.2) is 29.6 Å². The Kier molecular flexibility index (Phi) is 4.94. The second-order valence-corrected chi connectivity index (χ2v) is 7.70. The van der Waals surface area contributed by atoms with E-state index in [9.17, 15) is 0 Å². The van der Waals surface area contributed by atoms with Crippen molar-refractivity contribution in [3.63, 3.8) is 0 Å². The third-order valence-electron chi connectivity index (χ3n) is 5.57. The minimum absolute atomic E-state index is 0.299. The van der Waals surface area contributed by atoms with Crippen molar-refractivity contribution in [1.82, 2.24) is 4.90 Å². The van der Waals surface area contributed by atoms with Gasteiger partial charge >= 0.3 is 0 Å². The lowest BCUT2D eigenvalue weighted by Crippen LogP contribution is -2.61. The molecule has 0 aliphatic heterocycles. The highest BCUT2D eigenvalue weighted by atomic mass is 15.3. The summed E-state index contributed by atoms with van der Waals surface area (Å²) in [7, 11) is 0. The number of nitrogens with zero attached hydrogens (tertiary/aromatic N) is 1. The lowest BCUT2D eigenvalue weighted by molar-refractivity contribution is -0.0127. The van der Waals surface area contributed by atoms with Crippen LogP contribution in [0.2, 0.25) is 0 Å². The first-order valence-electron chi connectivity index (χ1n) is 8.46. The summed E-state index contributed by atoms with van der Waals surface area (Å²) in [5.74, 6) is 2.41. The van der Waals surface area contributed by atoms with Gasteiger partial charge < -0.3 is 5.73 Å². The largest absolute Gasteiger partial charge is 0.329 e. The zero-order chi connectivity index (χ0) is 14.0. The average molecular weight is 266 g/mol. The van der Waals surface area contributed by atoms with Crippen LogP contribution >= 0.6 is 0 Å². The summed E-state index contributed by atoms with van der Waals surface area (Å²) >= 11 is 0. The molecule has 2 rings (SSSR count). The van der Waals surface area contributed by atoms with E-state index < -0.39 is 0 Å². The SMILES string of the molecule is CC(C)CCN(C1CC1)C1(CN)CC(C)CCC1C. The Morgan fingerprint density at radius 2 is 1.84 bits per heavy atom. The van der Waals surface area contributed by atoms with Gasteiger partial charge in [-0.1, -0.05) is 34.1 Å². The van der Waals surface area contributed by atoms with Gasteiger partial charge in [0.2, 0.25) is 0 Å². The van der Waals surface area contributed by atoms with Crippen molar-refractivity contribution < 1.29 is 0 Å². The Balaban J connectivity index is 2.14. The van der Waals surface area contributed by atoms with Crippen molar-refractivity contribution in [2.45, 2.75) is 77.8 Å². The predicted molar refractivity (Wildman–Crippen MR) is 83.1 cm³/mol. The van der Waals surface area contributed by atoms with Crippen LogP contribution in [0.3, 0.4) is 0 Å². The van der Waals surface area contributed by atoms with Gasteiger partial charge in [-0.2, -0.15) is 0 Å². The molecule has 3 atom stereocenters. The van der Waals surface area contributed by atoms with Crippen LogP contribution in [0.1, 0.15) is 66.2 Å². The number of hydrogen-bond acceptors (Lipinski definition) is 2. The first-order chi connectivity index (χ1) is 8.99. The molecule has 2 nitrogen and oxygen atoms in total. The monoisotopic (exact) mass is 266 g/mol. The number of rotatable bonds is 6. The normalized spacial score (nSPS) is 36.2. The van der Waals surface area contributed by atoms with E-state index in [1.54, 1.807) is 0 Å². The first-order valence-corrected chi connectivity index (χ1v) is 8.46. The molecule has 0 radical (unpaired) electrons. The standard InChI is InChI=1S/C17H34N2/c1-13(2)9-10-19(16-7-8-16)17(12-18)11-14(3)5-6-15(17)4/h13-16H,5-12,18H2,1-4H3. The summed E-state index contributed by atoms with van der Waals surface area (Å²) in [5.41, 5.74) is 6.62. The van der Waals surface area contributed by atoms with Gasteiger partial charge in [-0.25, -0.2) is 0 Å². The van der Waals surface area contributed by atoms with Crippen LogP contribution in [0.15, 0.2) is 0 Å². The van der Waals surface area contributed by atoms with Gasteiger partial charge in [-0.3, -0.25) is 4.90 Å². The van der Waals surface area contributed by atoms with Gasteiger partial charge in [0.1, 0.15) is 0 Å². The van der Waals surface area contributed by atoms with E-state index >= 15 is 0 Å². The average Bonchev–Trinajstić information content (AvgIpc) is 3.17. The molecule has 0 amide bonds. The molecule has 0 heterocycles. The highest BCUT2D eigenvalue weighted by molar-refractivity contribution is 5.04. The van der Waals surface area contributed by atoms with E-state index in [0.29, 0.717) is 5.54 Å². The second-order valence-electron chi connectivity index (χ2n) is 7.70. The summed E-state index contributed by atoms with van der Waals surface area (Å²) in [6.07, 6.45) is 8.20. The van der Waals surface area contributed by atoms with Gasteiger partial charge in [-0.05, 0) is 56.4 Å². The molecule has 0 saturated heterocycles. The molecule has 2 saturated carbocycles. The van der Waals surface area contributed by atoms with E-state index in [0.717, 1.165) is 30.3 Å². The van der Waals surface area contributed by atoms with Crippen molar-refractivity contribution >= 4 is 0 Å². The maximum Gasteiger partial charge on any atom is 0.0362 e. The summed E-state index contributed by atoms with van der Waals surface area (Å²) in [5, 5.41) is 0.